The van der Waals surface area contributed by atoms with Gasteiger partial charge in [-0.1, -0.05) is 33.5 Å². The molecule has 4 nitrogen and oxygen atoms in total. The summed E-state index contributed by atoms with van der Waals surface area (Å²) in [5.74, 6) is 0. The van der Waals surface area contributed by atoms with Crippen LogP contribution in [-0.4, -0.2) is 20.8 Å². The quantitative estimate of drug-likeness (QED) is 0.414. The Hall–Kier alpha value is -0.480. The third kappa shape index (κ3) is 5.94. The van der Waals surface area contributed by atoms with Gasteiger partial charge in [0.05, 0.1) is 0 Å². The maximum Gasteiger partial charge on any atom is 0.145 e. The molecule has 6 heteroatoms. The minimum Gasteiger partial charge on any atom is -0.410 e. The molecule has 0 unspecified atom stereocenters. The Morgan fingerprint density at radius 2 is 1.36 bits per heavy atom. The Morgan fingerprint density at radius 1 is 1.00 bits per heavy atom. The normalized spacial score (nSPS) is 13.6. The van der Waals surface area contributed by atoms with E-state index in [1.807, 2.05) is 0 Å². The molecule has 11 heavy (non-hydrogen) atoms. The number of halogens is 2. The fourth-order valence-electron chi connectivity index (χ4n) is 0.480. The number of nitrogens with zero attached hydrogens (tertiary/aromatic N) is 2. The van der Waals surface area contributed by atoms with E-state index in [-0.39, 0.29) is 10.3 Å². The summed E-state index contributed by atoms with van der Waals surface area (Å²) in [7, 11) is 0. The van der Waals surface area contributed by atoms with Crippen LogP contribution in [0.4, 0.5) is 0 Å². The summed E-state index contributed by atoms with van der Waals surface area (Å²) in [5.41, 5.74) is 0. The predicted octanol–water partition coefficient (Wildman–Crippen LogP) is 2.21. The minimum absolute atomic E-state index is 0.118. The van der Waals surface area contributed by atoms with Gasteiger partial charge in [0.15, 0.2) is 0 Å². The highest BCUT2D eigenvalue weighted by Gasteiger charge is 1.98. The molecule has 0 bridgehead atoms. The Bertz CT molecular complexity index is 152. The molecule has 0 saturated carbocycles. The van der Waals surface area contributed by atoms with Gasteiger partial charge in [-0.05, 0) is 6.42 Å². The molecule has 0 aromatic heterocycles. The monoisotopic (exact) mass is 198 g/mol. The van der Waals surface area contributed by atoms with Crippen LogP contribution in [0.3, 0.4) is 0 Å². The van der Waals surface area contributed by atoms with Gasteiger partial charge in [0, 0.05) is 12.8 Å². The molecule has 64 valence electrons. The molecule has 0 aromatic rings. The van der Waals surface area contributed by atoms with Crippen LogP contribution in [0.1, 0.15) is 19.3 Å². The second-order valence-electron chi connectivity index (χ2n) is 1.81. The van der Waals surface area contributed by atoms with Gasteiger partial charge in [-0.2, -0.15) is 0 Å². The van der Waals surface area contributed by atoms with Gasteiger partial charge in [0.25, 0.3) is 0 Å². The van der Waals surface area contributed by atoms with Crippen molar-refractivity contribution >= 4 is 33.5 Å². The average Bonchev–Trinajstić information content (AvgIpc) is 2.04. The van der Waals surface area contributed by atoms with Crippen molar-refractivity contribution < 1.29 is 10.4 Å². The maximum absolute atomic E-state index is 8.10. The van der Waals surface area contributed by atoms with E-state index in [0.29, 0.717) is 19.3 Å². The van der Waals surface area contributed by atoms with Gasteiger partial charge >= 0.3 is 0 Å². The Labute approximate surface area is 74.1 Å². The van der Waals surface area contributed by atoms with E-state index in [4.69, 9.17) is 33.6 Å². The average molecular weight is 199 g/mol. The van der Waals surface area contributed by atoms with E-state index in [0.717, 1.165) is 0 Å². The lowest BCUT2D eigenvalue weighted by Crippen LogP contribution is -1.92. The molecule has 0 aliphatic rings. The largest absolute Gasteiger partial charge is 0.410 e. The van der Waals surface area contributed by atoms with Crippen LogP contribution in [0.15, 0.2) is 10.3 Å². The highest BCUT2D eigenvalue weighted by Crippen LogP contribution is 2.04. The van der Waals surface area contributed by atoms with Crippen molar-refractivity contribution in [2.75, 3.05) is 0 Å². The summed E-state index contributed by atoms with van der Waals surface area (Å²) in [6, 6.07) is 0. The van der Waals surface area contributed by atoms with E-state index in [2.05, 4.69) is 10.3 Å². The summed E-state index contributed by atoms with van der Waals surface area (Å²) < 4.78 is 0. The molecule has 0 amide bonds. The fourth-order valence-corrected chi connectivity index (χ4v) is 0.747. The molecule has 0 spiro atoms. The lowest BCUT2D eigenvalue weighted by Gasteiger charge is -1.93. The van der Waals surface area contributed by atoms with Crippen molar-refractivity contribution in [1.82, 2.24) is 0 Å². The molecule has 0 aliphatic heterocycles. The molecular formula is C5H8Cl2N2O2. The zero-order chi connectivity index (χ0) is 8.69. The van der Waals surface area contributed by atoms with Crippen molar-refractivity contribution in [1.29, 1.82) is 0 Å². The van der Waals surface area contributed by atoms with Crippen molar-refractivity contribution in [2.45, 2.75) is 19.3 Å². The molecule has 2 N–H and O–H groups in total. The van der Waals surface area contributed by atoms with Crippen molar-refractivity contribution in [3.63, 3.8) is 0 Å². The first kappa shape index (κ1) is 10.5. The van der Waals surface area contributed by atoms with Crippen molar-refractivity contribution in [3.8, 4) is 0 Å². The molecule has 0 atom stereocenters. The fraction of sp³-hybridized carbons (Fsp3) is 0.600. The van der Waals surface area contributed by atoms with Crippen molar-refractivity contribution in [3.05, 3.63) is 0 Å². The topological polar surface area (TPSA) is 65.2 Å². The van der Waals surface area contributed by atoms with Gasteiger partial charge in [-0.3, -0.25) is 0 Å². The maximum atomic E-state index is 8.10. The first-order valence-corrected chi connectivity index (χ1v) is 3.69. The first-order valence-electron chi connectivity index (χ1n) is 2.93. The molecule has 0 saturated heterocycles. The van der Waals surface area contributed by atoms with Crippen molar-refractivity contribution in [2.24, 2.45) is 10.3 Å². The van der Waals surface area contributed by atoms with Gasteiger partial charge in [-0.25, -0.2) is 0 Å². The van der Waals surface area contributed by atoms with E-state index in [9.17, 15) is 0 Å². The molecule has 0 radical (unpaired) electrons. The zero-order valence-electron chi connectivity index (χ0n) is 5.67. The van der Waals surface area contributed by atoms with Gasteiger partial charge in [0.1, 0.15) is 10.3 Å². The number of hydrogen-bond donors (Lipinski definition) is 2. The Balaban J connectivity index is 3.43. The third-order valence-corrected chi connectivity index (χ3v) is 1.51. The number of hydrogen-bond acceptors (Lipinski definition) is 4. The van der Waals surface area contributed by atoms with E-state index < -0.39 is 0 Å². The lowest BCUT2D eigenvalue weighted by atomic mass is 10.2. The highest BCUT2D eigenvalue weighted by atomic mass is 35.5. The Kier molecular flexibility index (Phi) is 5.97. The van der Waals surface area contributed by atoms with Crippen LogP contribution in [-0.2, 0) is 0 Å². The Morgan fingerprint density at radius 3 is 1.64 bits per heavy atom. The van der Waals surface area contributed by atoms with Gasteiger partial charge in [0.2, 0.25) is 0 Å². The minimum atomic E-state index is 0.118. The zero-order valence-corrected chi connectivity index (χ0v) is 7.18. The standard InChI is InChI=1S/C5H8Cl2N2O2/c6-4(8-10)2-1-3-5(7)9-11/h10-11H,1-3H2. The van der Waals surface area contributed by atoms with Gasteiger partial charge < -0.3 is 10.4 Å². The number of oxime groups is 2. The van der Waals surface area contributed by atoms with Crippen LogP contribution >= 0.6 is 23.2 Å². The predicted molar refractivity (Wildman–Crippen MR) is 44.0 cm³/mol. The molecule has 0 heterocycles. The third-order valence-electron chi connectivity index (χ3n) is 0.983. The summed E-state index contributed by atoms with van der Waals surface area (Å²) in [5, 5.41) is 21.9. The van der Waals surface area contributed by atoms with Crippen LogP contribution in [0, 0.1) is 0 Å². The van der Waals surface area contributed by atoms with E-state index in [1.165, 1.54) is 0 Å². The molecule has 0 rings (SSSR count). The van der Waals surface area contributed by atoms with Crippen LogP contribution in [0.5, 0.6) is 0 Å². The summed E-state index contributed by atoms with van der Waals surface area (Å²) in [6.07, 6.45) is 1.43. The molecular weight excluding hydrogens is 191 g/mol. The van der Waals surface area contributed by atoms with Gasteiger partial charge in [-0.15, -0.1) is 0 Å². The second kappa shape index (κ2) is 6.24. The van der Waals surface area contributed by atoms with Crippen LogP contribution in [0.25, 0.3) is 0 Å². The molecule has 0 aromatic carbocycles. The highest BCUT2D eigenvalue weighted by molar-refractivity contribution is 6.66. The van der Waals surface area contributed by atoms with E-state index >= 15 is 0 Å². The molecule has 0 aliphatic carbocycles. The van der Waals surface area contributed by atoms with Crippen LogP contribution < -0.4 is 0 Å². The van der Waals surface area contributed by atoms with E-state index in [1.54, 1.807) is 0 Å². The van der Waals surface area contributed by atoms with Crippen LogP contribution in [0.2, 0.25) is 0 Å². The summed E-state index contributed by atoms with van der Waals surface area (Å²) in [4.78, 5) is 0. The SMILES string of the molecule is ON=C(Cl)CCCC(Cl)=NO. The molecule has 0 fully saturated rings. The summed E-state index contributed by atoms with van der Waals surface area (Å²) in [6.45, 7) is 0. The summed E-state index contributed by atoms with van der Waals surface area (Å²) >= 11 is 10.7. The second-order valence-corrected chi connectivity index (χ2v) is 2.68. The number of rotatable bonds is 4. The first-order chi connectivity index (χ1) is 5.20. The lowest BCUT2D eigenvalue weighted by molar-refractivity contribution is 0.318. The smallest absolute Gasteiger partial charge is 0.145 e.